The summed E-state index contributed by atoms with van der Waals surface area (Å²) in [6.45, 7) is 3.20. The third-order valence-corrected chi connectivity index (χ3v) is 2.99. The van der Waals surface area contributed by atoms with Crippen LogP contribution < -0.4 is 0 Å². The van der Waals surface area contributed by atoms with Crippen LogP contribution in [0, 0.1) is 0 Å². The fourth-order valence-corrected chi connectivity index (χ4v) is 1.75. The van der Waals surface area contributed by atoms with Gasteiger partial charge in [0.2, 0.25) is 0 Å². The van der Waals surface area contributed by atoms with Crippen molar-refractivity contribution in [2.45, 2.75) is 56.8 Å². The van der Waals surface area contributed by atoms with E-state index in [1.54, 1.807) is 6.92 Å². The molecule has 4 N–H and O–H groups in total. The zero-order valence-corrected chi connectivity index (χ0v) is 10.8. The molecule has 4 unspecified atom stereocenters. The van der Waals surface area contributed by atoms with Crippen molar-refractivity contribution in [1.82, 2.24) is 0 Å². The first-order chi connectivity index (χ1) is 8.38. The zero-order valence-electron chi connectivity index (χ0n) is 10.8. The first-order valence-electron chi connectivity index (χ1n) is 5.90. The van der Waals surface area contributed by atoms with Crippen LogP contribution in [0.25, 0.3) is 0 Å². The second-order valence-electron chi connectivity index (χ2n) is 4.55. The molecule has 0 aromatic rings. The Hall–Kier alpha value is -0.280. The minimum Gasteiger partial charge on any atom is -0.391 e. The van der Waals surface area contributed by atoms with Gasteiger partial charge >= 0.3 is 0 Å². The van der Waals surface area contributed by atoms with Crippen molar-refractivity contribution < 1.29 is 34.6 Å². The first-order valence-corrected chi connectivity index (χ1v) is 5.90. The number of rotatable bonds is 5. The summed E-state index contributed by atoms with van der Waals surface area (Å²) < 4.78 is 15.5. The molecule has 1 fully saturated rings. The molecule has 0 bridgehead atoms. The molecular formula is C11H22O7. The summed E-state index contributed by atoms with van der Waals surface area (Å²) in [6.07, 6.45) is -7.21. The number of aliphatic hydroxyl groups excluding tert-OH is 4. The van der Waals surface area contributed by atoms with E-state index in [9.17, 15) is 20.4 Å². The van der Waals surface area contributed by atoms with E-state index in [-0.39, 0.29) is 6.61 Å². The predicted molar refractivity (Wildman–Crippen MR) is 60.8 cm³/mol. The second-order valence-corrected chi connectivity index (χ2v) is 4.55. The van der Waals surface area contributed by atoms with Crippen LogP contribution in [0.3, 0.4) is 0 Å². The molecule has 1 heterocycles. The Morgan fingerprint density at radius 3 is 2.28 bits per heavy atom. The van der Waals surface area contributed by atoms with Crippen LogP contribution >= 0.6 is 0 Å². The Kier molecular flexibility index (Phi) is 5.93. The van der Waals surface area contributed by atoms with E-state index in [1.807, 2.05) is 0 Å². The van der Waals surface area contributed by atoms with Crippen molar-refractivity contribution in [2.75, 3.05) is 13.7 Å². The molecule has 0 saturated carbocycles. The number of hydrogen-bond acceptors (Lipinski definition) is 7. The lowest BCUT2D eigenvalue weighted by atomic mass is 10.00. The molecule has 0 radical (unpaired) electrons. The van der Waals surface area contributed by atoms with Crippen LogP contribution in [0.4, 0.5) is 0 Å². The lowest BCUT2D eigenvalue weighted by molar-refractivity contribution is -0.312. The van der Waals surface area contributed by atoms with Crippen molar-refractivity contribution in [3.05, 3.63) is 0 Å². The van der Waals surface area contributed by atoms with Crippen LogP contribution in [-0.2, 0) is 14.2 Å². The van der Waals surface area contributed by atoms with Crippen LogP contribution in [-0.4, -0.2) is 77.1 Å². The lowest BCUT2D eigenvalue weighted by Gasteiger charge is -2.40. The number of hydrogen-bond donors (Lipinski definition) is 4. The minimum absolute atomic E-state index is 0.122. The molecular weight excluding hydrogens is 244 g/mol. The van der Waals surface area contributed by atoms with Gasteiger partial charge in [-0.25, -0.2) is 0 Å². The zero-order chi connectivity index (χ0) is 13.9. The molecule has 7 nitrogen and oxygen atoms in total. The van der Waals surface area contributed by atoms with Gasteiger partial charge in [0.1, 0.15) is 24.4 Å². The summed E-state index contributed by atoms with van der Waals surface area (Å²) in [5, 5.41) is 38.4. The largest absolute Gasteiger partial charge is 0.391 e. The van der Waals surface area contributed by atoms with Crippen molar-refractivity contribution >= 4 is 0 Å². The Bertz CT molecular complexity index is 248. The molecule has 1 rings (SSSR count). The van der Waals surface area contributed by atoms with Gasteiger partial charge in [0.05, 0.1) is 18.8 Å². The molecule has 108 valence electrons. The normalized spacial score (nSPS) is 40.5. The fourth-order valence-electron chi connectivity index (χ4n) is 1.75. The van der Waals surface area contributed by atoms with E-state index in [4.69, 9.17) is 14.2 Å². The van der Waals surface area contributed by atoms with Gasteiger partial charge in [-0.15, -0.1) is 0 Å². The van der Waals surface area contributed by atoms with Crippen molar-refractivity contribution in [2.24, 2.45) is 0 Å². The van der Waals surface area contributed by atoms with Crippen LogP contribution in [0.2, 0.25) is 0 Å². The molecule has 1 aliphatic heterocycles. The maximum Gasteiger partial charge on any atom is 0.187 e. The SMILES string of the molecule is COC[C@@H](O[C@@H]1OC(C)[C@H](O)C(O)C1O)C(C)O. The predicted octanol–water partition coefficient (Wildman–Crippen LogP) is -1.77. The number of methoxy groups -OCH3 is 1. The second kappa shape index (κ2) is 6.76. The molecule has 0 aromatic carbocycles. The van der Waals surface area contributed by atoms with Crippen LogP contribution in [0.1, 0.15) is 13.8 Å². The van der Waals surface area contributed by atoms with Gasteiger partial charge in [-0.2, -0.15) is 0 Å². The summed E-state index contributed by atoms with van der Waals surface area (Å²) in [6, 6.07) is 0. The minimum atomic E-state index is -1.38. The standard InChI is InChI=1S/C11H22O7/c1-5(12)7(4-16-3)18-11-10(15)9(14)8(13)6(2)17-11/h5-15H,4H2,1-3H3/t5?,6?,7-,8+,9?,10?,11+/m1/s1. The maximum absolute atomic E-state index is 9.74. The van der Waals surface area contributed by atoms with E-state index in [0.29, 0.717) is 0 Å². The van der Waals surface area contributed by atoms with Gasteiger partial charge < -0.3 is 34.6 Å². The van der Waals surface area contributed by atoms with Gasteiger partial charge in [0.25, 0.3) is 0 Å². The summed E-state index contributed by atoms with van der Waals surface area (Å²) >= 11 is 0. The van der Waals surface area contributed by atoms with E-state index >= 15 is 0 Å². The highest BCUT2D eigenvalue weighted by molar-refractivity contribution is 4.87. The molecule has 0 amide bonds. The molecule has 18 heavy (non-hydrogen) atoms. The van der Waals surface area contributed by atoms with Gasteiger partial charge in [-0.1, -0.05) is 0 Å². The van der Waals surface area contributed by atoms with Gasteiger partial charge in [0.15, 0.2) is 6.29 Å². The molecule has 7 heteroatoms. The molecule has 1 saturated heterocycles. The average molecular weight is 266 g/mol. The summed E-state index contributed by atoms with van der Waals surface area (Å²) in [7, 11) is 1.46. The number of ether oxygens (including phenoxy) is 3. The monoisotopic (exact) mass is 266 g/mol. The fraction of sp³-hybridized carbons (Fsp3) is 1.00. The highest BCUT2D eigenvalue weighted by atomic mass is 16.7. The van der Waals surface area contributed by atoms with Crippen LogP contribution in [0.5, 0.6) is 0 Å². The van der Waals surface area contributed by atoms with Gasteiger partial charge in [-0.05, 0) is 13.8 Å². The Balaban J connectivity index is 2.64. The lowest BCUT2D eigenvalue weighted by Crippen LogP contribution is -2.58. The molecule has 0 spiro atoms. The van der Waals surface area contributed by atoms with E-state index in [2.05, 4.69) is 0 Å². The highest BCUT2D eigenvalue weighted by Crippen LogP contribution is 2.23. The summed E-state index contributed by atoms with van der Waals surface area (Å²) in [4.78, 5) is 0. The van der Waals surface area contributed by atoms with Gasteiger partial charge in [0, 0.05) is 7.11 Å². The molecule has 0 aromatic heterocycles. The maximum atomic E-state index is 9.74. The first kappa shape index (κ1) is 15.8. The van der Waals surface area contributed by atoms with Gasteiger partial charge in [-0.3, -0.25) is 0 Å². The third kappa shape index (κ3) is 3.61. The van der Waals surface area contributed by atoms with Crippen molar-refractivity contribution in [3.8, 4) is 0 Å². The molecule has 0 aliphatic carbocycles. The Morgan fingerprint density at radius 2 is 1.78 bits per heavy atom. The summed E-state index contributed by atoms with van der Waals surface area (Å²) in [5.74, 6) is 0. The topological polar surface area (TPSA) is 109 Å². The van der Waals surface area contributed by atoms with Crippen LogP contribution in [0.15, 0.2) is 0 Å². The third-order valence-electron chi connectivity index (χ3n) is 2.99. The Labute approximate surface area is 106 Å². The number of aliphatic hydroxyl groups is 4. The Morgan fingerprint density at radius 1 is 1.17 bits per heavy atom. The van der Waals surface area contributed by atoms with E-state index in [1.165, 1.54) is 14.0 Å². The molecule has 7 atom stereocenters. The highest BCUT2D eigenvalue weighted by Gasteiger charge is 2.43. The van der Waals surface area contributed by atoms with E-state index < -0.39 is 42.9 Å². The van der Waals surface area contributed by atoms with Crippen molar-refractivity contribution in [1.29, 1.82) is 0 Å². The average Bonchev–Trinajstić information content (AvgIpc) is 2.32. The van der Waals surface area contributed by atoms with E-state index in [0.717, 1.165) is 0 Å². The molecule has 1 aliphatic rings. The quantitative estimate of drug-likeness (QED) is 0.466. The smallest absolute Gasteiger partial charge is 0.187 e. The summed E-state index contributed by atoms with van der Waals surface area (Å²) in [5.41, 5.74) is 0. The van der Waals surface area contributed by atoms with Crippen molar-refractivity contribution in [3.63, 3.8) is 0 Å².